The van der Waals surface area contributed by atoms with Gasteiger partial charge in [-0.05, 0) is 30.7 Å². The van der Waals surface area contributed by atoms with Gasteiger partial charge in [0.15, 0.2) is 0 Å². The average molecular weight is 375 g/mol. The molecule has 3 rings (SSSR count). The van der Waals surface area contributed by atoms with Gasteiger partial charge in [0.2, 0.25) is 0 Å². The van der Waals surface area contributed by atoms with Gasteiger partial charge in [0.05, 0.1) is 17.5 Å². The van der Waals surface area contributed by atoms with E-state index in [-0.39, 0.29) is 12.2 Å². The Morgan fingerprint density at radius 2 is 2.00 bits per heavy atom. The first kappa shape index (κ1) is 15.6. The minimum atomic E-state index is -0.440. The topological polar surface area (TPSA) is 64.1 Å². The zero-order valence-electron chi connectivity index (χ0n) is 12.5. The molecule has 0 radical (unpaired) electrons. The Bertz CT molecular complexity index is 910. The summed E-state index contributed by atoms with van der Waals surface area (Å²) in [6.07, 6.45) is 3.23. The molecular formula is C17H15BrN2O3. The van der Waals surface area contributed by atoms with Crippen LogP contribution < -0.4 is 5.56 Å². The number of benzene rings is 1. The van der Waals surface area contributed by atoms with Crippen molar-refractivity contribution in [3.8, 4) is 0 Å². The molecule has 1 N–H and O–H groups in total. The van der Waals surface area contributed by atoms with Crippen molar-refractivity contribution in [1.29, 1.82) is 0 Å². The maximum atomic E-state index is 12.2. The molecule has 0 spiro atoms. The summed E-state index contributed by atoms with van der Waals surface area (Å²) in [5.74, 6) is -0.440. The van der Waals surface area contributed by atoms with Gasteiger partial charge in [-0.1, -0.05) is 28.1 Å². The number of rotatable bonds is 4. The van der Waals surface area contributed by atoms with Gasteiger partial charge in [-0.2, -0.15) is 0 Å². The molecule has 0 aliphatic rings. The number of nitrogens with zero attached hydrogens (tertiary/aromatic N) is 1. The summed E-state index contributed by atoms with van der Waals surface area (Å²) < 4.78 is 7.98. The minimum absolute atomic E-state index is 0.220. The number of fused-ring (bicyclic) bond motifs is 1. The van der Waals surface area contributed by atoms with Crippen LogP contribution in [0.4, 0.5) is 0 Å². The Morgan fingerprint density at radius 1 is 1.26 bits per heavy atom. The molecule has 0 saturated heterocycles. The first-order valence-corrected chi connectivity index (χ1v) is 8.01. The van der Waals surface area contributed by atoms with Crippen LogP contribution in [0.25, 0.3) is 10.9 Å². The number of esters is 1. The van der Waals surface area contributed by atoms with Crippen LogP contribution in [0.3, 0.4) is 0 Å². The van der Waals surface area contributed by atoms with E-state index >= 15 is 0 Å². The first-order chi connectivity index (χ1) is 11.1. The quantitative estimate of drug-likeness (QED) is 0.712. The predicted molar refractivity (Wildman–Crippen MR) is 91.8 cm³/mol. The highest BCUT2D eigenvalue weighted by molar-refractivity contribution is 9.10. The van der Waals surface area contributed by atoms with Crippen LogP contribution in [0.5, 0.6) is 0 Å². The predicted octanol–water partition coefficient (Wildman–Crippen LogP) is 3.32. The Balaban J connectivity index is 2.10. The number of H-pyrrole nitrogens is 1. The van der Waals surface area contributed by atoms with E-state index in [0.717, 1.165) is 10.0 Å². The molecule has 3 aromatic rings. The van der Waals surface area contributed by atoms with E-state index < -0.39 is 5.97 Å². The molecular weight excluding hydrogens is 360 g/mol. The normalized spacial score (nSPS) is 10.9. The lowest BCUT2D eigenvalue weighted by Crippen LogP contribution is -2.14. The largest absolute Gasteiger partial charge is 0.462 e. The maximum absolute atomic E-state index is 12.2. The lowest BCUT2D eigenvalue weighted by molar-refractivity contribution is 0.0527. The average Bonchev–Trinajstić information content (AvgIpc) is 2.95. The van der Waals surface area contributed by atoms with E-state index in [1.807, 2.05) is 35.0 Å². The molecule has 2 aromatic heterocycles. The number of nitrogens with one attached hydrogen (secondary N) is 1. The second-order valence-corrected chi connectivity index (χ2v) is 6.00. The number of halogens is 1. The van der Waals surface area contributed by atoms with E-state index in [9.17, 15) is 9.59 Å². The monoisotopic (exact) mass is 374 g/mol. The zero-order valence-corrected chi connectivity index (χ0v) is 14.1. The zero-order chi connectivity index (χ0) is 16.4. The van der Waals surface area contributed by atoms with Crippen molar-refractivity contribution >= 4 is 32.8 Å². The van der Waals surface area contributed by atoms with Crippen LogP contribution in [0, 0.1) is 0 Å². The molecule has 0 unspecified atom stereocenters. The summed E-state index contributed by atoms with van der Waals surface area (Å²) in [5.41, 5.74) is 1.81. The van der Waals surface area contributed by atoms with Gasteiger partial charge in [-0.3, -0.25) is 4.79 Å². The Kier molecular flexibility index (Phi) is 4.34. The third-order valence-corrected chi connectivity index (χ3v) is 4.10. The van der Waals surface area contributed by atoms with Crippen LogP contribution in [0.1, 0.15) is 22.8 Å². The maximum Gasteiger partial charge on any atom is 0.341 e. The first-order valence-electron chi connectivity index (χ1n) is 7.22. The number of hydrogen-bond acceptors (Lipinski definition) is 3. The summed E-state index contributed by atoms with van der Waals surface area (Å²) in [5, 5.41) is 0.479. The van der Waals surface area contributed by atoms with Gasteiger partial charge in [0.1, 0.15) is 5.56 Å². The SMILES string of the molecule is CCOC(=O)c1c[nH]c(=O)c2ccn(Cc3ccc(Br)cc3)c12. The Labute approximate surface area is 141 Å². The Hall–Kier alpha value is -2.34. The molecule has 23 heavy (non-hydrogen) atoms. The summed E-state index contributed by atoms with van der Waals surface area (Å²) in [7, 11) is 0. The fraction of sp³-hybridized carbons (Fsp3) is 0.176. The van der Waals surface area contributed by atoms with Crippen molar-refractivity contribution in [2.24, 2.45) is 0 Å². The number of aromatic amines is 1. The van der Waals surface area contributed by atoms with E-state index in [4.69, 9.17) is 4.74 Å². The van der Waals surface area contributed by atoms with Crippen molar-refractivity contribution < 1.29 is 9.53 Å². The van der Waals surface area contributed by atoms with Crippen LogP contribution in [-0.2, 0) is 11.3 Å². The van der Waals surface area contributed by atoms with Gasteiger partial charge < -0.3 is 14.3 Å². The number of carbonyl (C=O) groups excluding carboxylic acids is 1. The summed E-state index contributed by atoms with van der Waals surface area (Å²) in [4.78, 5) is 26.7. The summed E-state index contributed by atoms with van der Waals surface area (Å²) >= 11 is 3.41. The standard InChI is InChI=1S/C17H15BrN2O3/c1-2-23-17(22)14-9-19-16(21)13-7-8-20(15(13)14)10-11-3-5-12(18)6-4-11/h3-9H,2,10H2,1H3,(H,19,21). The molecule has 2 heterocycles. The lowest BCUT2D eigenvalue weighted by Gasteiger charge is -2.09. The molecule has 0 bridgehead atoms. The van der Waals surface area contributed by atoms with Crippen molar-refractivity contribution in [3.05, 3.63) is 68.7 Å². The number of ether oxygens (including phenoxy) is 1. The number of aromatic nitrogens is 2. The second kappa shape index (κ2) is 6.42. The minimum Gasteiger partial charge on any atom is -0.462 e. The molecule has 0 aliphatic carbocycles. The lowest BCUT2D eigenvalue weighted by atomic mass is 10.2. The second-order valence-electron chi connectivity index (χ2n) is 5.08. The van der Waals surface area contributed by atoms with Crippen molar-refractivity contribution in [1.82, 2.24) is 9.55 Å². The molecule has 0 aliphatic heterocycles. The highest BCUT2D eigenvalue weighted by atomic mass is 79.9. The van der Waals surface area contributed by atoms with Crippen LogP contribution in [0.15, 0.2) is 52.0 Å². The molecule has 118 valence electrons. The van der Waals surface area contributed by atoms with Crippen LogP contribution in [-0.4, -0.2) is 22.1 Å². The van der Waals surface area contributed by atoms with Gasteiger partial charge in [-0.15, -0.1) is 0 Å². The van der Waals surface area contributed by atoms with Crippen molar-refractivity contribution in [2.45, 2.75) is 13.5 Å². The molecule has 5 nitrogen and oxygen atoms in total. The highest BCUT2D eigenvalue weighted by Gasteiger charge is 2.17. The third kappa shape index (κ3) is 3.07. The van der Waals surface area contributed by atoms with Crippen molar-refractivity contribution in [3.63, 3.8) is 0 Å². The molecule has 0 atom stereocenters. The summed E-state index contributed by atoms with van der Waals surface area (Å²) in [6, 6.07) is 9.62. The van der Waals surface area contributed by atoms with E-state index in [1.54, 1.807) is 13.0 Å². The van der Waals surface area contributed by atoms with E-state index in [0.29, 0.717) is 23.0 Å². The van der Waals surface area contributed by atoms with Gasteiger partial charge in [-0.25, -0.2) is 4.79 Å². The molecule has 0 amide bonds. The van der Waals surface area contributed by atoms with Gasteiger partial charge >= 0.3 is 5.97 Å². The third-order valence-electron chi connectivity index (χ3n) is 3.57. The molecule has 0 fully saturated rings. The number of carbonyl (C=O) groups is 1. The van der Waals surface area contributed by atoms with Gasteiger partial charge in [0, 0.05) is 23.4 Å². The fourth-order valence-corrected chi connectivity index (χ4v) is 2.79. The number of pyridine rings is 1. The Morgan fingerprint density at radius 3 is 2.70 bits per heavy atom. The van der Waals surface area contributed by atoms with E-state index in [1.165, 1.54) is 6.20 Å². The fourth-order valence-electron chi connectivity index (χ4n) is 2.52. The molecule has 1 aromatic carbocycles. The van der Waals surface area contributed by atoms with Gasteiger partial charge in [0.25, 0.3) is 5.56 Å². The molecule has 0 saturated carbocycles. The van der Waals surface area contributed by atoms with Crippen molar-refractivity contribution in [2.75, 3.05) is 6.61 Å². The summed E-state index contributed by atoms with van der Waals surface area (Å²) in [6.45, 7) is 2.60. The number of hydrogen-bond donors (Lipinski definition) is 1. The smallest absolute Gasteiger partial charge is 0.341 e. The van der Waals surface area contributed by atoms with E-state index in [2.05, 4.69) is 20.9 Å². The molecule has 6 heteroatoms. The van der Waals surface area contributed by atoms with Crippen LogP contribution in [0.2, 0.25) is 0 Å². The highest BCUT2D eigenvalue weighted by Crippen LogP contribution is 2.20. The van der Waals surface area contributed by atoms with Crippen LogP contribution >= 0.6 is 15.9 Å².